The van der Waals surface area contributed by atoms with Crippen molar-refractivity contribution in [3.05, 3.63) is 23.9 Å². The highest BCUT2D eigenvalue weighted by atomic mass is 16.5. The van der Waals surface area contributed by atoms with Crippen molar-refractivity contribution in [1.29, 1.82) is 0 Å². The predicted octanol–water partition coefficient (Wildman–Crippen LogP) is 1.98. The lowest BCUT2D eigenvalue weighted by atomic mass is 10.00. The summed E-state index contributed by atoms with van der Waals surface area (Å²) < 4.78 is 5.44. The second-order valence-corrected chi connectivity index (χ2v) is 7.41. The van der Waals surface area contributed by atoms with Crippen LogP contribution in [0.25, 0.3) is 0 Å². The van der Waals surface area contributed by atoms with Crippen molar-refractivity contribution in [2.45, 2.75) is 44.2 Å². The molecule has 1 aromatic rings. The SMILES string of the molecule is O=C(c1ccc(NC2CC2)nc1)N1CCCC[C@@H]1CN1CCOCC1. The Balaban J connectivity index is 1.40. The molecule has 3 aliphatic rings. The fraction of sp³-hybridized carbons (Fsp3) is 0.684. The number of anilines is 1. The van der Waals surface area contributed by atoms with Crippen LogP contribution in [0.2, 0.25) is 0 Å². The van der Waals surface area contributed by atoms with Crippen LogP contribution in [0.3, 0.4) is 0 Å². The third-order valence-corrected chi connectivity index (χ3v) is 5.40. The third kappa shape index (κ3) is 4.30. The molecule has 2 aliphatic heterocycles. The Bertz CT molecular complexity index is 582. The van der Waals surface area contributed by atoms with Crippen LogP contribution in [0.1, 0.15) is 42.5 Å². The van der Waals surface area contributed by atoms with Crippen LogP contribution in [-0.2, 0) is 4.74 Å². The lowest BCUT2D eigenvalue weighted by molar-refractivity contribution is 0.0166. The summed E-state index contributed by atoms with van der Waals surface area (Å²) >= 11 is 0. The first kappa shape index (κ1) is 16.8. The molecule has 2 saturated heterocycles. The number of pyridine rings is 1. The van der Waals surface area contributed by atoms with Gasteiger partial charge in [0, 0.05) is 44.5 Å². The van der Waals surface area contributed by atoms with E-state index in [9.17, 15) is 4.79 Å². The number of likely N-dealkylation sites (tertiary alicyclic amines) is 1. The van der Waals surface area contributed by atoms with Gasteiger partial charge in [0.25, 0.3) is 5.91 Å². The quantitative estimate of drug-likeness (QED) is 0.885. The topological polar surface area (TPSA) is 57.7 Å². The smallest absolute Gasteiger partial charge is 0.255 e. The second-order valence-electron chi connectivity index (χ2n) is 7.41. The van der Waals surface area contributed by atoms with Crippen LogP contribution in [0.4, 0.5) is 5.82 Å². The van der Waals surface area contributed by atoms with E-state index in [1.54, 1.807) is 6.20 Å². The molecule has 3 fully saturated rings. The van der Waals surface area contributed by atoms with Gasteiger partial charge in [-0.3, -0.25) is 9.69 Å². The van der Waals surface area contributed by atoms with Gasteiger partial charge in [0.05, 0.1) is 18.8 Å². The minimum Gasteiger partial charge on any atom is -0.379 e. The number of nitrogens with one attached hydrogen (secondary N) is 1. The van der Waals surface area contributed by atoms with Crippen molar-refractivity contribution in [3.63, 3.8) is 0 Å². The molecule has 1 N–H and O–H groups in total. The lowest BCUT2D eigenvalue weighted by Gasteiger charge is -2.39. The van der Waals surface area contributed by atoms with E-state index < -0.39 is 0 Å². The van der Waals surface area contributed by atoms with E-state index in [1.807, 2.05) is 12.1 Å². The summed E-state index contributed by atoms with van der Waals surface area (Å²) in [5.41, 5.74) is 0.704. The average molecular weight is 344 g/mol. The Labute approximate surface area is 149 Å². The molecule has 0 aromatic carbocycles. The summed E-state index contributed by atoms with van der Waals surface area (Å²) in [6, 6.07) is 4.74. The highest BCUT2D eigenvalue weighted by Crippen LogP contribution is 2.24. The number of morpholine rings is 1. The largest absolute Gasteiger partial charge is 0.379 e. The van der Waals surface area contributed by atoms with Crippen molar-refractivity contribution < 1.29 is 9.53 Å². The molecule has 0 unspecified atom stereocenters. The van der Waals surface area contributed by atoms with Crippen molar-refractivity contribution in [1.82, 2.24) is 14.8 Å². The minimum atomic E-state index is 0.128. The zero-order valence-corrected chi connectivity index (χ0v) is 14.8. The summed E-state index contributed by atoms with van der Waals surface area (Å²) in [6.45, 7) is 5.38. The van der Waals surface area contributed by atoms with Crippen molar-refractivity contribution in [2.24, 2.45) is 0 Å². The molecule has 1 saturated carbocycles. The fourth-order valence-electron chi connectivity index (χ4n) is 3.75. The van der Waals surface area contributed by atoms with Gasteiger partial charge in [0.2, 0.25) is 0 Å². The summed E-state index contributed by atoms with van der Waals surface area (Å²) in [4.78, 5) is 22.0. The summed E-state index contributed by atoms with van der Waals surface area (Å²) in [5.74, 6) is 1.01. The van der Waals surface area contributed by atoms with Crippen LogP contribution in [0, 0.1) is 0 Å². The normalized spacial score (nSPS) is 25.0. The Hall–Kier alpha value is -1.66. The van der Waals surface area contributed by atoms with E-state index in [0.717, 1.165) is 58.1 Å². The number of hydrogen-bond acceptors (Lipinski definition) is 5. The van der Waals surface area contributed by atoms with Crippen LogP contribution in [0.15, 0.2) is 18.3 Å². The summed E-state index contributed by atoms with van der Waals surface area (Å²) in [7, 11) is 0. The van der Waals surface area contributed by atoms with Crippen LogP contribution < -0.4 is 5.32 Å². The highest BCUT2D eigenvalue weighted by Gasteiger charge is 2.29. The molecule has 25 heavy (non-hydrogen) atoms. The number of carbonyl (C=O) groups is 1. The van der Waals surface area contributed by atoms with Crippen molar-refractivity contribution in [3.8, 4) is 0 Å². The van der Waals surface area contributed by atoms with Crippen molar-refractivity contribution in [2.75, 3.05) is 44.7 Å². The standard InChI is InChI=1S/C19H28N4O2/c24-19(15-4-7-18(20-13-15)21-16-5-6-16)23-8-2-1-3-17(23)14-22-9-11-25-12-10-22/h4,7,13,16-17H,1-3,5-6,8-12,14H2,(H,20,21)/t17-/m1/s1. The van der Waals surface area contributed by atoms with Gasteiger partial charge >= 0.3 is 0 Å². The number of piperidine rings is 1. The number of amides is 1. The van der Waals surface area contributed by atoms with Gasteiger partial charge in [-0.2, -0.15) is 0 Å². The summed E-state index contributed by atoms with van der Waals surface area (Å²) in [5, 5.41) is 3.37. The maximum Gasteiger partial charge on any atom is 0.255 e. The van der Waals surface area contributed by atoms with Gasteiger partial charge in [-0.05, 0) is 44.2 Å². The van der Waals surface area contributed by atoms with Crippen LogP contribution in [0.5, 0.6) is 0 Å². The van der Waals surface area contributed by atoms with E-state index in [2.05, 4.69) is 20.1 Å². The Kier molecular flexibility index (Phi) is 5.17. The molecule has 0 spiro atoms. The molecule has 0 bridgehead atoms. The Morgan fingerprint density at radius 3 is 2.72 bits per heavy atom. The molecule has 136 valence electrons. The molecule has 1 atom stereocenters. The average Bonchev–Trinajstić information content (AvgIpc) is 3.47. The number of rotatable bonds is 5. The number of carbonyl (C=O) groups excluding carboxylic acids is 1. The maximum absolute atomic E-state index is 13.0. The van der Waals surface area contributed by atoms with Gasteiger partial charge in [0.1, 0.15) is 5.82 Å². The molecule has 1 aromatic heterocycles. The van der Waals surface area contributed by atoms with Gasteiger partial charge in [-0.25, -0.2) is 4.98 Å². The van der Waals surface area contributed by atoms with Gasteiger partial charge < -0.3 is 15.0 Å². The van der Waals surface area contributed by atoms with Crippen molar-refractivity contribution >= 4 is 11.7 Å². The molecule has 6 nitrogen and oxygen atoms in total. The predicted molar refractivity (Wildman–Crippen MR) is 96.8 cm³/mol. The number of ether oxygens (including phenoxy) is 1. The van der Waals surface area contributed by atoms with Crippen LogP contribution >= 0.6 is 0 Å². The van der Waals surface area contributed by atoms with E-state index >= 15 is 0 Å². The van der Waals surface area contributed by atoms with Gasteiger partial charge in [0.15, 0.2) is 0 Å². The maximum atomic E-state index is 13.0. The monoisotopic (exact) mass is 344 g/mol. The lowest BCUT2D eigenvalue weighted by Crippen LogP contribution is -2.51. The third-order valence-electron chi connectivity index (χ3n) is 5.40. The molecule has 4 rings (SSSR count). The minimum absolute atomic E-state index is 0.128. The number of aromatic nitrogens is 1. The van der Waals surface area contributed by atoms with E-state index in [-0.39, 0.29) is 5.91 Å². The highest BCUT2D eigenvalue weighted by molar-refractivity contribution is 5.94. The zero-order chi connectivity index (χ0) is 17.1. The van der Waals surface area contributed by atoms with E-state index in [0.29, 0.717) is 17.6 Å². The molecule has 3 heterocycles. The number of nitrogens with zero attached hydrogens (tertiary/aromatic N) is 3. The zero-order valence-electron chi connectivity index (χ0n) is 14.8. The summed E-state index contributed by atoms with van der Waals surface area (Å²) in [6.07, 6.45) is 7.57. The molecule has 1 aliphatic carbocycles. The van der Waals surface area contributed by atoms with E-state index in [1.165, 1.54) is 19.3 Å². The Morgan fingerprint density at radius 1 is 1.16 bits per heavy atom. The van der Waals surface area contributed by atoms with Gasteiger partial charge in [-0.1, -0.05) is 0 Å². The van der Waals surface area contributed by atoms with Gasteiger partial charge in [-0.15, -0.1) is 0 Å². The molecule has 0 radical (unpaired) electrons. The first-order valence-corrected chi connectivity index (χ1v) is 9.63. The molecular weight excluding hydrogens is 316 g/mol. The molecule has 6 heteroatoms. The number of hydrogen-bond donors (Lipinski definition) is 1. The Morgan fingerprint density at radius 2 is 2.00 bits per heavy atom. The molecular formula is C19H28N4O2. The van der Waals surface area contributed by atoms with E-state index in [4.69, 9.17) is 4.74 Å². The second kappa shape index (κ2) is 7.70. The first-order valence-electron chi connectivity index (χ1n) is 9.63. The molecule has 1 amide bonds. The van der Waals surface area contributed by atoms with Crippen LogP contribution in [-0.4, -0.2) is 72.2 Å². The first-order chi connectivity index (χ1) is 12.3. The fourth-order valence-corrected chi connectivity index (χ4v) is 3.75.